The summed E-state index contributed by atoms with van der Waals surface area (Å²) in [5.41, 5.74) is 0.316. The first kappa shape index (κ1) is 19.7. The number of hydrogen-bond donors (Lipinski definition) is 2. The average molecular weight is 370 g/mol. The van der Waals surface area contributed by atoms with Crippen molar-refractivity contribution < 1.29 is 9.84 Å². The van der Waals surface area contributed by atoms with Gasteiger partial charge in [-0.1, -0.05) is 11.6 Å². The highest BCUT2D eigenvalue weighted by Crippen LogP contribution is 2.54. The molecule has 7 atom stereocenters. The summed E-state index contributed by atoms with van der Waals surface area (Å²) in [6.45, 7) is 10.8. The van der Waals surface area contributed by atoms with Gasteiger partial charge in [-0.3, -0.25) is 0 Å². The third kappa shape index (κ3) is 3.31. The van der Waals surface area contributed by atoms with Gasteiger partial charge in [0.1, 0.15) is 0 Å². The zero-order valence-corrected chi connectivity index (χ0v) is 17.5. The molecule has 2 N–H and O–H groups in total. The quantitative estimate of drug-likeness (QED) is 0.564. The molecule has 1 saturated heterocycles. The molecule has 1 saturated carbocycles. The van der Waals surface area contributed by atoms with Crippen LogP contribution in [0.1, 0.15) is 66.7 Å². The normalized spacial score (nSPS) is 50.1. The van der Waals surface area contributed by atoms with Crippen molar-refractivity contribution >= 4 is 11.6 Å². The Morgan fingerprint density at radius 3 is 2.48 bits per heavy atom. The van der Waals surface area contributed by atoms with Crippen molar-refractivity contribution in [1.82, 2.24) is 5.32 Å². The van der Waals surface area contributed by atoms with Crippen molar-refractivity contribution in [3.8, 4) is 0 Å². The predicted molar refractivity (Wildman–Crippen MR) is 104 cm³/mol. The number of aliphatic hydroxyl groups is 1. The van der Waals surface area contributed by atoms with E-state index in [4.69, 9.17) is 16.3 Å². The molecule has 0 bridgehead atoms. The minimum Gasteiger partial charge on any atom is -0.389 e. The van der Waals surface area contributed by atoms with Gasteiger partial charge in [-0.25, -0.2) is 0 Å². The second-order valence-corrected chi connectivity index (χ2v) is 10.2. The lowest BCUT2D eigenvalue weighted by Crippen LogP contribution is -2.64. The van der Waals surface area contributed by atoms with Crippen LogP contribution in [-0.2, 0) is 4.74 Å². The molecule has 3 rings (SSSR count). The maximum Gasteiger partial charge on any atom is 0.0796 e. The van der Waals surface area contributed by atoms with Crippen molar-refractivity contribution in [2.24, 2.45) is 17.8 Å². The largest absolute Gasteiger partial charge is 0.389 e. The van der Waals surface area contributed by atoms with Crippen LogP contribution in [0.25, 0.3) is 0 Å². The molecule has 0 amide bonds. The summed E-state index contributed by atoms with van der Waals surface area (Å²) in [6, 6.07) is 0.0946. The first-order valence-electron chi connectivity index (χ1n) is 9.92. The summed E-state index contributed by atoms with van der Waals surface area (Å²) in [5, 5.41) is 14.6. The van der Waals surface area contributed by atoms with E-state index in [1.54, 1.807) is 0 Å². The van der Waals surface area contributed by atoms with Gasteiger partial charge in [0.05, 0.1) is 22.2 Å². The van der Waals surface area contributed by atoms with Crippen LogP contribution in [0.4, 0.5) is 0 Å². The number of likely N-dealkylation sites (N-methyl/N-ethyl adjacent to an activating group) is 1. The number of halogens is 1. The Bertz CT molecular complexity index is 544. The summed E-state index contributed by atoms with van der Waals surface area (Å²) < 4.78 is 6.69. The fraction of sp³-hybridized carbons (Fsp3) is 0.905. The summed E-state index contributed by atoms with van der Waals surface area (Å²) in [7, 11) is 2.00. The van der Waals surface area contributed by atoms with Crippen LogP contribution in [0.5, 0.6) is 0 Å². The molecule has 4 heteroatoms. The smallest absolute Gasteiger partial charge is 0.0796 e. The molecule has 0 aromatic carbocycles. The van der Waals surface area contributed by atoms with E-state index in [2.05, 4.69) is 39.1 Å². The Morgan fingerprint density at radius 1 is 1.20 bits per heavy atom. The van der Waals surface area contributed by atoms with E-state index in [0.29, 0.717) is 17.8 Å². The summed E-state index contributed by atoms with van der Waals surface area (Å²) in [5.74, 6) is 1.33. The Hall–Kier alpha value is -0.0900. The number of allylic oxidation sites excluding steroid dienone is 2. The molecule has 7 unspecified atom stereocenters. The van der Waals surface area contributed by atoms with Gasteiger partial charge in [-0.2, -0.15) is 0 Å². The number of hydrogen-bond acceptors (Lipinski definition) is 3. The van der Waals surface area contributed by atoms with Crippen molar-refractivity contribution in [3.63, 3.8) is 0 Å². The van der Waals surface area contributed by atoms with Gasteiger partial charge in [0.25, 0.3) is 0 Å². The minimum absolute atomic E-state index is 0.0619. The van der Waals surface area contributed by atoms with E-state index in [1.165, 1.54) is 5.57 Å². The summed E-state index contributed by atoms with van der Waals surface area (Å²) in [4.78, 5) is 0. The van der Waals surface area contributed by atoms with Crippen LogP contribution in [0, 0.1) is 17.8 Å². The monoisotopic (exact) mass is 369 g/mol. The lowest BCUT2D eigenvalue weighted by molar-refractivity contribution is -0.209. The van der Waals surface area contributed by atoms with Crippen molar-refractivity contribution in [3.05, 3.63) is 11.6 Å². The van der Waals surface area contributed by atoms with Crippen molar-refractivity contribution in [1.29, 1.82) is 0 Å². The molecule has 25 heavy (non-hydrogen) atoms. The van der Waals surface area contributed by atoms with Crippen LogP contribution in [0.3, 0.4) is 0 Å². The topological polar surface area (TPSA) is 41.5 Å². The number of nitrogens with one attached hydrogen (secondary N) is 1. The number of rotatable bonds is 2. The zero-order chi connectivity index (χ0) is 18.6. The molecule has 3 nitrogen and oxygen atoms in total. The van der Waals surface area contributed by atoms with Gasteiger partial charge in [0.15, 0.2) is 0 Å². The molecule has 0 spiro atoms. The fourth-order valence-corrected chi connectivity index (χ4v) is 6.16. The molecule has 1 heterocycles. The van der Waals surface area contributed by atoms with E-state index < -0.39 is 5.60 Å². The van der Waals surface area contributed by atoms with Crippen LogP contribution in [0.2, 0.25) is 0 Å². The molecule has 0 radical (unpaired) electrons. The maximum atomic E-state index is 11.1. The first-order valence-corrected chi connectivity index (χ1v) is 10.4. The molecular weight excluding hydrogens is 334 g/mol. The van der Waals surface area contributed by atoms with Crippen LogP contribution in [-0.4, -0.2) is 40.4 Å². The molecule has 0 aromatic rings. The van der Waals surface area contributed by atoms with Gasteiger partial charge >= 0.3 is 0 Å². The molecule has 0 aromatic heterocycles. The predicted octanol–water partition coefficient (Wildman–Crippen LogP) is 4.27. The maximum absolute atomic E-state index is 11.1. The highest BCUT2D eigenvalue weighted by atomic mass is 35.5. The number of fused-ring (bicyclic) bond motifs is 1. The highest BCUT2D eigenvalue weighted by molar-refractivity contribution is 6.21. The second kappa shape index (κ2) is 6.51. The van der Waals surface area contributed by atoms with Crippen LogP contribution >= 0.6 is 11.6 Å². The highest BCUT2D eigenvalue weighted by Gasteiger charge is 2.56. The van der Waals surface area contributed by atoms with Gasteiger partial charge in [-0.05, 0) is 91.5 Å². The molecule has 2 fully saturated rings. The van der Waals surface area contributed by atoms with E-state index in [1.807, 2.05) is 14.0 Å². The molecule has 3 aliphatic rings. The van der Waals surface area contributed by atoms with Crippen molar-refractivity contribution in [2.75, 3.05) is 7.05 Å². The van der Waals surface area contributed by atoms with E-state index in [0.717, 1.165) is 32.1 Å². The van der Waals surface area contributed by atoms with Crippen LogP contribution < -0.4 is 5.32 Å². The lowest BCUT2D eigenvalue weighted by Gasteiger charge is -2.58. The summed E-state index contributed by atoms with van der Waals surface area (Å²) in [6.07, 6.45) is 7.34. The number of alkyl halides is 1. The Kier molecular flexibility index (Phi) is 5.12. The fourth-order valence-electron chi connectivity index (χ4n) is 6.01. The Morgan fingerprint density at radius 2 is 1.88 bits per heavy atom. The summed E-state index contributed by atoms with van der Waals surface area (Å²) >= 11 is 6.55. The van der Waals surface area contributed by atoms with Crippen LogP contribution in [0.15, 0.2) is 11.6 Å². The first-order chi connectivity index (χ1) is 11.5. The van der Waals surface area contributed by atoms with E-state index in [9.17, 15) is 5.11 Å². The second-order valence-electron chi connectivity index (χ2n) is 9.66. The molecule has 2 aliphatic carbocycles. The molecule has 144 valence electrons. The van der Waals surface area contributed by atoms with Gasteiger partial charge in [0, 0.05) is 6.04 Å². The average Bonchev–Trinajstić information content (AvgIpc) is 2.50. The van der Waals surface area contributed by atoms with Gasteiger partial charge in [-0.15, -0.1) is 11.6 Å². The molecule has 1 aliphatic heterocycles. The van der Waals surface area contributed by atoms with Gasteiger partial charge in [0.2, 0.25) is 0 Å². The molecular formula is C21H36ClNO2. The third-order valence-electron chi connectivity index (χ3n) is 7.46. The standard InChI is InChI=1S/C21H36ClNO2/c1-13-7-8-15(21(5)12-10-16(22)19(2,3)25-21)17-14(13)9-11-20(4,24)18(17)23-6/h7,14-18,23-24H,8-12H2,1-6H3. The van der Waals surface area contributed by atoms with Gasteiger partial charge < -0.3 is 15.2 Å². The Labute approximate surface area is 158 Å². The van der Waals surface area contributed by atoms with E-state index >= 15 is 0 Å². The zero-order valence-electron chi connectivity index (χ0n) is 16.7. The minimum atomic E-state index is -0.665. The van der Waals surface area contributed by atoms with Crippen molar-refractivity contribution in [2.45, 2.75) is 94.9 Å². The number of ether oxygens (including phenoxy) is 1. The Balaban J connectivity index is 1.97. The van der Waals surface area contributed by atoms with E-state index in [-0.39, 0.29) is 22.6 Å². The SMILES string of the molecule is CNC1C2C(CCC1(C)O)C(C)=CCC2C1(C)CCC(Cl)C(C)(C)O1. The lowest BCUT2D eigenvalue weighted by atomic mass is 9.55. The third-order valence-corrected chi connectivity index (χ3v) is 8.21.